The number of hydrogen-bond acceptors (Lipinski definition) is 1. The number of allylic oxidation sites excluding steroid dienone is 1. The van der Waals surface area contributed by atoms with Gasteiger partial charge in [-0.2, -0.15) is 0 Å². The van der Waals surface area contributed by atoms with Crippen molar-refractivity contribution in [2.45, 2.75) is 65.7 Å². The third-order valence-corrected chi connectivity index (χ3v) is 5.50. The first-order chi connectivity index (χ1) is 11.1. The summed E-state index contributed by atoms with van der Waals surface area (Å²) in [6.07, 6.45) is 11.5. The zero-order valence-corrected chi connectivity index (χ0v) is 15.0. The molecule has 0 N–H and O–H groups in total. The van der Waals surface area contributed by atoms with E-state index in [1.54, 1.807) is 0 Å². The molecule has 0 bridgehead atoms. The Bertz CT molecular complexity index is 576. The Morgan fingerprint density at radius 1 is 0.957 bits per heavy atom. The highest BCUT2D eigenvalue weighted by Gasteiger charge is 2.31. The predicted octanol–water partition coefficient (Wildman–Crippen LogP) is 6.18. The molecule has 1 saturated carbocycles. The van der Waals surface area contributed by atoms with Crippen LogP contribution in [0.1, 0.15) is 70.4 Å². The van der Waals surface area contributed by atoms with E-state index in [9.17, 15) is 0 Å². The molecule has 0 amide bonds. The zero-order valence-electron chi connectivity index (χ0n) is 15.0. The number of hydrogen-bond donors (Lipinski definition) is 0. The molecule has 2 unspecified atom stereocenters. The molecule has 124 valence electrons. The Morgan fingerprint density at radius 3 is 2.26 bits per heavy atom. The van der Waals surface area contributed by atoms with Crippen LogP contribution >= 0.6 is 0 Å². The quantitative estimate of drug-likeness (QED) is 0.632. The van der Waals surface area contributed by atoms with Gasteiger partial charge < -0.3 is 0 Å². The van der Waals surface area contributed by atoms with E-state index in [1.807, 2.05) is 0 Å². The maximum atomic E-state index is 4.88. The fourth-order valence-corrected chi connectivity index (χ4v) is 4.29. The molecule has 23 heavy (non-hydrogen) atoms. The summed E-state index contributed by atoms with van der Waals surface area (Å²) < 4.78 is 0. The number of benzene rings is 1. The van der Waals surface area contributed by atoms with E-state index in [4.69, 9.17) is 4.99 Å². The molecule has 1 aliphatic carbocycles. The highest BCUT2D eigenvalue weighted by Crippen LogP contribution is 2.38. The van der Waals surface area contributed by atoms with Gasteiger partial charge in [0.2, 0.25) is 0 Å². The highest BCUT2D eigenvalue weighted by atomic mass is 14.7. The minimum absolute atomic E-state index is 0.635. The lowest BCUT2D eigenvalue weighted by molar-refractivity contribution is 0.360. The van der Waals surface area contributed by atoms with Crippen molar-refractivity contribution in [3.63, 3.8) is 0 Å². The summed E-state index contributed by atoms with van der Waals surface area (Å²) in [7, 11) is 0. The molecule has 1 heterocycles. The molecule has 1 aliphatic heterocycles. The Labute approximate surface area is 141 Å². The summed E-state index contributed by atoms with van der Waals surface area (Å²) in [5.74, 6) is 2.07. The molecule has 1 fully saturated rings. The number of fused-ring (bicyclic) bond motifs is 1. The van der Waals surface area contributed by atoms with Crippen LogP contribution in [-0.2, 0) is 6.42 Å². The monoisotopic (exact) mass is 309 g/mol. The van der Waals surface area contributed by atoms with Gasteiger partial charge in [0.15, 0.2) is 0 Å². The van der Waals surface area contributed by atoms with Crippen molar-refractivity contribution in [3.05, 3.63) is 47.2 Å². The van der Waals surface area contributed by atoms with Crippen molar-refractivity contribution in [3.8, 4) is 0 Å². The van der Waals surface area contributed by atoms with E-state index in [0.29, 0.717) is 11.8 Å². The lowest BCUT2D eigenvalue weighted by Gasteiger charge is -2.33. The summed E-state index contributed by atoms with van der Waals surface area (Å²) in [5, 5.41) is 0. The fourth-order valence-electron chi connectivity index (χ4n) is 4.29. The van der Waals surface area contributed by atoms with Crippen molar-refractivity contribution in [1.82, 2.24) is 0 Å². The van der Waals surface area contributed by atoms with Gasteiger partial charge >= 0.3 is 0 Å². The lowest BCUT2D eigenvalue weighted by atomic mass is 9.73. The molecule has 1 heteroatoms. The van der Waals surface area contributed by atoms with E-state index < -0.39 is 0 Å². The highest BCUT2D eigenvalue weighted by molar-refractivity contribution is 6.03. The molecule has 1 aromatic carbocycles. The van der Waals surface area contributed by atoms with Gasteiger partial charge in [-0.05, 0) is 49.1 Å². The Hall–Kier alpha value is -1.37. The van der Waals surface area contributed by atoms with Crippen LogP contribution in [0.4, 0.5) is 0 Å². The summed E-state index contributed by atoms with van der Waals surface area (Å²) in [4.78, 5) is 4.88. The largest absolute Gasteiger partial charge is 0.260 e. The topological polar surface area (TPSA) is 12.4 Å². The van der Waals surface area contributed by atoms with Gasteiger partial charge in [0, 0.05) is 12.1 Å². The molecule has 0 spiro atoms. The van der Waals surface area contributed by atoms with Crippen molar-refractivity contribution >= 4 is 5.71 Å². The van der Waals surface area contributed by atoms with Crippen LogP contribution in [0.15, 0.2) is 41.0 Å². The van der Waals surface area contributed by atoms with E-state index in [1.165, 1.54) is 60.9 Å². The molecule has 2 atom stereocenters. The van der Waals surface area contributed by atoms with Crippen LogP contribution in [0, 0.1) is 17.8 Å². The lowest BCUT2D eigenvalue weighted by Crippen LogP contribution is -2.29. The van der Waals surface area contributed by atoms with Crippen LogP contribution in [0.5, 0.6) is 0 Å². The summed E-state index contributed by atoms with van der Waals surface area (Å²) in [6, 6.07) is 9.23. The normalized spacial score (nSPS) is 25.2. The summed E-state index contributed by atoms with van der Waals surface area (Å²) in [5.41, 5.74) is 5.63. The van der Waals surface area contributed by atoms with E-state index in [-0.39, 0.29) is 0 Å². The van der Waals surface area contributed by atoms with Crippen molar-refractivity contribution in [1.29, 1.82) is 0 Å². The molecular weight excluding hydrogens is 278 g/mol. The minimum atomic E-state index is 0.635. The second kappa shape index (κ2) is 7.47. The SMILES string of the molecule is CC1=CN=C(c2ccc(CC(C)C)cc2)C2CCCCCCC12. The minimum Gasteiger partial charge on any atom is -0.260 e. The predicted molar refractivity (Wildman–Crippen MR) is 100.0 cm³/mol. The molecule has 2 aliphatic rings. The van der Waals surface area contributed by atoms with Gasteiger partial charge in [-0.1, -0.05) is 69.4 Å². The molecule has 0 aromatic heterocycles. The van der Waals surface area contributed by atoms with Crippen LogP contribution in [0.3, 0.4) is 0 Å². The maximum Gasteiger partial charge on any atom is 0.0512 e. The second-order valence-corrected chi connectivity index (χ2v) is 7.89. The Kier molecular flexibility index (Phi) is 5.35. The molecule has 0 radical (unpaired) electrons. The average Bonchev–Trinajstić information content (AvgIpc) is 2.49. The Morgan fingerprint density at radius 2 is 1.61 bits per heavy atom. The third kappa shape index (κ3) is 3.94. The van der Waals surface area contributed by atoms with E-state index in [0.717, 1.165) is 12.3 Å². The number of aliphatic imine (C=N–C) groups is 1. The molecule has 0 saturated heterocycles. The molecule has 3 rings (SSSR count). The first-order valence-electron chi connectivity index (χ1n) is 9.49. The van der Waals surface area contributed by atoms with Gasteiger partial charge in [-0.3, -0.25) is 4.99 Å². The first-order valence-corrected chi connectivity index (χ1v) is 9.49. The van der Waals surface area contributed by atoms with Crippen molar-refractivity contribution < 1.29 is 0 Å². The third-order valence-electron chi connectivity index (χ3n) is 5.50. The number of nitrogens with zero attached hydrogens (tertiary/aromatic N) is 1. The zero-order chi connectivity index (χ0) is 16.2. The van der Waals surface area contributed by atoms with Gasteiger partial charge in [0.05, 0.1) is 5.71 Å². The average molecular weight is 309 g/mol. The molecular formula is C22H31N. The van der Waals surface area contributed by atoms with E-state index >= 15 is 0 Å². The fraction of sp³-hybridized carbons (Fsp3) is 0.591. The van der Waals surface area contributed by atoms with Crippen LogP contribution in [0.25, 0.3) is 0 Å². The van der Waals surface area contributed by atoms with Crippen LogP contribution in [-0.4, -0.2) is 5.71 Å². The van der Waals surface area contributed by atoms with Crippen molar-refractivity contribution in [2.75, 3.05) is 0 Å². The summed E-state index contributed by atoms with van der Waals surface area (Å²) >= 11 is 0. The maximum absolute atomic E-state index is 4.88. The van der Waals surface area contributed by atoms with Crippen molar-refractivity contribution in [2.24, 2.45) is 22.7 Å². The van der Waals surface area contributed by atoms with Gasteiger partial charge in [-0.15, -0.1) is 0 Å². The summed E-state index contributed by atoms with van der Waals surface area (Å²) in [6.45, 7) is 6.85. The first kappa shape index (κ1) is 16.5. The van der Waals surface area contributed by atoms with E-state index in [2.05, 4.69) is 51.2 Å². The standard InChI is InChI=1S/C22H31N/c1-16(2)14-18-10-12-19(13-11-18)22-21-9-7-5-4-6-8-20(21)17(3)15-23-22/h10-13,15-16,20-21H,4-9,14H2,1-3H3. The van der Waals surface area contributed by atoms with Crippen LogP contribution in [0.2, 0.25) is 0 Å². The number of rotatable bonds is 3. The smallest absolute Gasteiger partial charge is 0.0512 e. The molecule has 1 nitrogen and oxygen atoms in total. The van der Waals surface area contributed by atoms with Crippen LogP contribution < -0.4 is 0 Å². The van der Waals surface area contributed by atoms with Gasteiger partial charge in [0.1, 0.15) is 0 Å². The van der Waals surface area contributed by atoms with Gasteiger partial charge in [0.25, 0.3) is 0 Å². The molecule has 1 aromatic rings. The second-order valence-electron chi connectivity index (χ2n) is 7.89. The Balaban J connectivity index is 1.84. The van der Waals surface area contributed by atoms with Gasteiger partial charge in [-0.25, -0.2) is 0 Å².